The summed E-state index contributed by atoms with van der Waals surface area (Å²) in [6.45, 7) is 4.77. The summed E-state index contributed by atoms with van der Waals surface area (Å²) in [5, 5.41) is 3.68. The SMILES string of the molecule is CC(C)CC(CCl)NCc1ccc(Cl)cc1F. The minimum Gasteiger partial charge on any atom is -0.309 e. The average Bonchev–Trinajstić information content (AvgIpc) is 2.25. The van der Waals surface area contributed by atoms with E-state index in [4.69, 9.17) is 23.2 Å². The van der Waals surface area contributed by atoms with Crippen LogP contribution in [-0.2, 0) is 6.54 Å². The van der Waals surface area contributed by atoms with Gasteiger partial charge in [0.1, 0.15) is 5.82 Å². The first-order valence-electron chi connectivity index (χ1n) is 5.76. The first kappa shape index (κ1) is 14.7. The molecule has 0 aliphatic rings. The van der Waals surface area contributed by atoms with E-state index in [0.717, 1.165) is 6.42 Å². The van der Waals surface area contributed by atoms with Crippen LogP contribution in [-0.4, -0.2) is 11.9 Å². The van der Waals surface area contributed by atoms with Gasteiger partial charge in [-0.05, 0) is 24.5 Å². The highest BCUT2D eigenvalue weighted by molar-refractivity contribution is 6.30. The molecule has 1 aromatic carbocycles. The van der Waals surface area contributed by atoms with Crippen LogP contribution in [0.25, 0.3) is 0 Å². The molecular formula is C13H18Cl2FN. The van der Waals surface area contributed by atoms with E-state index < -0.39 is 0 Å². The molecule has 0 aromatic heterocycles. The minimum atomic E-state index is -0.275. The largest absolute Gasteiger partial charge is 0.309 e. The molecule has 0 aliphatic carbocycles. The van der Waals surface area contributed by atoms with Crippen LogP contribution < -0.4 is 5.32 Å². The number of nitrogens with one attached hydrogen (secondary N) is 1. The van der Waals surface area contributed by atoms with Crippen LogP contribution in [0.15, 0.2) is 18.2 Å². The predicted molar refractivity (Wildman–Crippen MR) is 72.2 cm³/mol. The van der Waals surface area contributed by atoms with Crippen molar-refractivity contribution >= 4 is 23.2 Å². The lowest BCUT2D eigenvalue weighted by molar-refractivity contribution is 0.440. The molecule has 0 aliphatic heterocycles. The van der Waals surface area contributed by atoms with E-state index in [0.29, 0.717) is 28.9 Å². The zero-order valence-electron chi connectivity index (χ0n) is 10.1. The first-order chi connectivity index (χ1) is 8.02. The second-order valence-corrected chi connectivity index (χ2v) is 5.34. The van der Waals surface area contributed by atoms with Crippen LogP contribution in [0.4, 0.5) is 4.39 Å². The van der Waals surface area contributed by atoms with Gasteiger partial charge in [0.2, 0.25) is 0 Å². The number of benzene rings is 1. The van der Waals surface area contributed by atoms with Gasteiger partial charge in [0.05, 0.1) is 0 Å². The number of rotatable bonds is 6. The molecule has 0 bridgehead atoms. The molecule has 0 fully saturated rings. The summed E-state index contributed by atoms with van der Waals surface area (Å²) in [6.07, 6.45) is 0.985. The van der Waals surface area contributed by atoms with Gasteiger partial charge in [0, 0.05) is 29.1 Å². The molecule has 96 valence electrons. The summed E-state index contributed by atoms with van der Waals surface area (Å²) in [7, 11) is 0. The van der Waals surface area contributed by atoms with E-state index in [1.54, 1.807) is 12.1 Å². The lowest BCUT2D eigenvalue weighted by Crippen LogP contribution is -2.31. The number of hydrogen-bond acceptors (Lipinski definition) is 1. The maximum Gasteiger partial charge on any atom is 0.129 e. The molecule has 17 heavy (non-hydrogen) atoms. The summed E-state index contributed by atoms with van der Waals surface area (Å²) < 4.78 is 13.5. The van der Waals surface area contributed by atoms with E-state index in [9.17, 15) is 4.39 Å². The summed E-state index contributed by atoms with van der Waals surface area (Å²) in [5.74, 6) is 0.831. The first-order valence-corrected chi connectivity index (χ1v) is 6.67. The van der Waals surface area contributed by atoms with Crippen molar-refractivity contribution in [1.82, 2.24) is 5.32 Å². The van der Waals surface area contributed by atoms with Crippen LogP contribution in [0.5, 0.6) is 0 Å². The van der Waals surface area contributed by atoms with E-state index in [1.807, 2.05) is 0 Å². The fourth-order valence-electron chi connectivity index (χ4n) is 1.69. The van der Waals surface area contributed by atoms with Gasteiger partial charge < -0.3 is 5.32 Å². The van der Waals surface area contributed by atoms with Crippen LogP contribution in [0.3, 0.4) is 0 Å². The van der Waals surface area contributed by atoms with Crippen LogP contribution in [0, 0.1) is 11.7 Å². The van der Waals surface area contributed by atoms with Crippen molar-refractivity contribution < 1.29 is 4.39 Å². The Morgan fingerprint density at radius 2 is 2.06 bits per heavy atom. The molecule has 1 aromatic rings. The second-order valence-electron chi connectivity index (χ2n) is 4.60. The smallest absolute Gasteiger partial charge is 0.129 e. The van der Waals surface area contributed by atoms with Gasteiger partial charge in [-0.2, -0.15) is 0 Å². The molecule has 0 amide bonds. The fourth-order valence-corrected chi connectivity index (χ4v) is 2.08. The lowest BCUT2D eigenvalue weighted by atomic mass is 10.0. The van der Waals surface area contributed by atoms with Gasteiger partial charge in [0.15, 0.2) is 0 Å². The maximum atomic E-state index is 13.5. The third-order valence-corrected chi connectivity index (χ3v) is 3.15. The molecule has 0 saturated carbocycles. The Morgan fingerprint density at radius 3 is 2.59 bits per heavy atom. The van der Waals surface area contributed by atoms with Gasteiger partial charge in [-0.1, -0.05) is 31.5 Å². The zero-order chi connectivity index (χ0) is 12.8. The predicted octanol–water partition coefficient (Wildman–Crippen LogP) is 4.22. The number of halogens is 3. The van der Waals surface area contributed by atoms with Crippen molar-refractivity contribution in [1.29, 1.82) is 0 Å². The van der Waals surface area contributed by atoms with Crippen molar-refractivity contribution in [3.8, 4) is 0 Å². The molecular weight excluding hydrogens is 260 g/mol. The number of alkyl halides is 1. The summed E-state index contributed by atoms with van der Waals surface area (Å²) in [5.41, 5.74) is 0.619. The van der Waals surface area contributed by atoms with Crippen LogP contribution in [0.2, 0.25) is 5.02 Å². The highest BCUT2D eigenvalue weighted by Crippen LogP contribution is 2.15. The normalized spacial score (nSPS) is 13.1. The van der Waals surface area contributed by atoms with E-state index in [2.05, 4.69) is 19.2 Å². The third-order valence-electron chi connectivity index (χ3n) is 2.54. The Kier molecular flexibility index (Phi) is 6.24. The highest BCUT2D eigenvalue weighted by atomic mass is 35.5. The Balaban J connectivity index is 2.53. The van der Waals surface area contributed by atoms with Crippen molar-refractivity contribution in [3.05, 3.63) is 34.6 Å². The summed E-state index contributed by atoms with van der Waals surface area (Å²) >= 11 is 11.6. The van der Waals surface area contributed by atoms with E-state index in [-0.39, 0.29) is 11.9 Å². The molecule has 1 rings (SSSR count). The van der Waals surface area contributed by atoms with Crippen molar-refractivity contribution in [2.45, 2.75) is 32.9 Å². The highest BCUT2D eigenvalue weighted by Gasteiger charge is 2.10. The topological polar surface area (TPSA) is 12.0 Å². The van der Waals surface area contributed by atoms with Crippen molar-refractivity contribution in [2.75, 3.05) is 5.88 Å². The summed E-state index contributed by atoms with van der Waals surface area (Å²) in [4.78, 5) is 0. The standard InChI is InChI=1S/C13H18Cl2FN/c1-9(2)5-12(7-14)17-8-10-3-4-11(15)6-13(10)16/h3-4,6,9,12,17H,5,7-8H2,1-2H3. The molecule has 0 heterocycles. The average molecular weight is 278 g/mol. The van der Waals surface area contributed by atoms with E-state index >= 15 is 0 Å². The van der Waals surface area contributed by atoms with Gasteiger partial charge in [0.25, 0.3) is 0 Å². The second kappa shape index (κ2) is 7.20. The Hall–Kier alpha value is -0.310. The minimum absolute atomic E-state index is 0.215. The molecule has 1 atom stereocenters. The third kappa shape index (κ3) is 5.24. The van der Waals surface area contributed by atoms with Gasteiger partial charge in [-0.15, -0.1) is 11.6 Å². The molecule has 1 unspecified atom stereocenters. The Morgan fingerprint density at radius 1 is 1.35 bits per heavy atom. The fraction of sp³-hybridized carbons (Fsp3) is 0.538. The summed E-state index contributed by atoms with van der Waals surface area (Å²) in [6, 6.07) is 4.94. The van der Waals surface area contributed by atoms with Gasteiger partial charge in [-0.3, -0.25) is 0 Å². The monoisotopic (exact) mass is 277 g/mol. The van der Waals surface area contributed by atoms with E-state index in [1.165, 1.54) is 6.07 Å². The molecule has 0 spiro atoms. The lowest BCUT2D eigenvalue weighted by Gasteiger charge is -2.18. The molecule has 4 heteroatoms. The molecule has 1 nitrogen and oxygen atoms in total. The number of hydrogen-bond donors (Lipinski definition) is 1. The molecule has 1 N–H and O–H groups in total. The Labute approximate surface area is 112 Å². The van der Waals surface area contributed by atoms with Crippen molar-refractivity contribution in [2.24, 2.45) is 5.92 Å². The van der Waals surface area contributed by atoms with Crippen molar-refractivity contribution in [3.63, 3.8) is 0 Å². The maximum absolute atomic E-state index is 13.5. The van der Waals surface area contributed by atoms with Gasteiger partial charge in [-0.25, -0.2) is 4.39 Å². The zero-order valence-corrected chi connectivity index (χ0v) is 11.7. The molecule has 0 saturated heterocycles. The van der Waals surface area contributed by atoms with Crippen LogP contribution in [0.1, 0.15) is 25.8 Å². The van der Waals surface area contributed by atoms with Crippen LogP contribution >= 0.6 is 23.2 Å². The quantitative estimate of drug-likeness (QED) is 0.768. The van der Waals surface area contributed by atoms with Gasteiger partial charge >= 0.3 is 0 Å². The Bertz CT molecular complexity index is 355. The molecule has 0 radical (unpaired) electrons.